The van der Waals surface area contributed by atoms with E-state index in [1.807, 2.05) is 0 Å². The van der Waals surface area contributed by atoms with Gasteiger partial charge in [0.15, 0.2) is 0 Å². The molecule has 4 nitrogen and oxygen atoms in total. The van der Waals surface area contributed by atoms with Crippen LogP contribution in [0.5, 0.6) is 0 Å². The third-order valence-electron chi connectivity index (χ3n) is 2.61. The molecule has 0 unspecified atom stereocenters. The summed E-state index contributed by atoms with van der Waals surface area (Å²) in [6.45, 7) is 0. The summed E-state index contributed by atoms with van der Waals surface area (Å²) in [7, 11) is -3.27. The van der Waals surface area contributed by atoms with Crippen LogP contribution in [-0.4, -0.2) is 37.3 Å². The van der Waals surface area contributed by atoms with E-state index in [2.05, 4.69) is 4.72 Å². The molecule has 1 fully saturated rings. The van der Waals surface area contributed by atoms with Gasteiger partial charge in [-0.25, -0.2) is 13.1 Å². The summed E-state index contributed by atoms with van der Waals surface area (Å²) >= 11 is 5.44. The van der Waals surface area contributed by atoms with Gasteiger partial charge in [0.2, 0.25) is 10.0 Å². The van der Waals surface area contributed by atoms with Crippen LogP contribution in [0.1, 0.15) is 32.1 Å². The number of hydrogen-bond donors (Lipinski definition) is 2. The van der Waals surface area contributed by atoms with Crippen LogP contribution >= 0.6 is 11.6 Å². The normalized spacial score (nSPS) is 27.9. The third kappa shape index (κ3) is 4.68. The van der Waals surface area contributed by atoms with Crippen LogP contribution in [0.25, 0.3) is 0 Å². The summed E-state index contributed by atoms with van der Waals surface area (Å²) in [5, 5.41) is 9.60. The maximum absolute atomic E-state index is 11.5. The lowest BCUT2D eigenvalue weighted by atomic mass is 9.93. The lowest BCUT2D eigenvalue weighted by molar-refractivity contribution is 0.101. The Hall–Kier alpha value is 0.160. The molecule has 15 heavy (non-hydrogen) atoms. The Labute approximate surface area is 96.1 Å². The number of rotatable bonds is 5. The largest absolute Gasteiger partial charge is 0.391 e. The van der Waals surface area contributed by atoms with E-state index >= 15 is 0 Å². The average Bonchev–Trinajstić information content (AvgIpc) is 2.18. The highest BCUT2D eigenvalue weighted by molar-refractivity contribution is 7.89. The monoisotopic (exact) mass is 255 g/mol. The molecule has 0 radical (unpaired) electrons. The summed E-state index contributed by atoms with van der Waals surface area (Å²) in [6, 6.07) is -0.306. The van der Waals surface area contributed by atoms with E-state index < -0.39 is 16.1 Å². The van der Waals surface area contributed by atoms with Crippen LogP contribution in [0, 0.1) is 0 Å². The zero-order valence-electron chi connectivity index (χ0n) is 8.65. The van der Waals surface area contributed by atoms with Gasteiger partial charge in [-0.1, -0.05) is 12.8 Å². The zero-order valence-corrected chi connectivity index (χ0v) is 10.2. The molecular formula is C9H18ClNO3S. The maximum Gasteiger partial charge on any atom is 0.211 e. The van der Waals surface area contributed by atoms with Crippen molar-refractivity contribution in [3.63, 3.8) is 0 Å². The molecule has 0 aromatic heterocycles. The highest BCUT2D eigenvalue weighted by Crippen LogP contribution is 2.19. The minimum absolute atomic E-state index is 0.0414. The van der Waals surface area contributed by atoms with Gasteiger partial charge < -0.3 is 5.11 Å². The molecule has 2 N–H and O–H groups in total. The van der Waals surface area contributed by atoms with Gasteiger partial charge in [-0.15, -0.1) is 11.6 Å². The second kappa shape index (κ2) is 6.03. The van der Waals surface area contributed by atoms with Crippen LogP contribution in [0.4, 0.5) is 0 Å². The molecule has 1 saturated carbocycles. The van der Waals surface area contributed by atoms with E-state index in [-0.39, 0.29) is 11.8 Å². The van der Waals surface area contributed by atoms with Crippen molar-refractivity contribution in [2.24, 2.45) is 0 Å². The van der Waals surface area contributed by atoms with Crippen LogP contribution in [0.15, 0.2) is 0 Å². The number of nitrogens with one attached hydrogen (secondary N) is 1. The minimum atomic E-state index is -3.27. The van der Waals surface area contributed by atoms with Crippen LogP contribution in [-0.2, 0) is 10.0 Å². The number of halogens is 1. The fourth-order valence-electron chi connectivity index (χ4n) is 1.78. The first-order chi connectivity index (χ1) is 7.05. The maximum atomic E-state index is 11.5. The van der Waals surface area contributed by atoms with Crippen LogP contribution in [0.2, 0.25) is 0 Å². The molecule has 0 heterocycles. The highest BCUT2D eigenvalue weighted by atomic mass is 35.5. The summed E-state index contributed by atoms with van der Waals surface area (Å²) in [4.78, 5) is 0. The van der Waals surface area contributed by atoms with E-state index in [9.17, 15) is 13.5 Å². The Morgan fingerprint density at radius 1 is 1.33 bits per heavy atom. The fourth-order valence-corrected chi connectivity index (χ4v) is 3.45. The van der Waals surface area contributed by atoms with Crippen molar-refractivity contribution in [2.45, 2.75) is 44.2 Å². The Morgan fingerprint density at radius 3 is 2.60 bits per heavy atom. The number of aliphatic hydroxyl groups excluding tert-OH is 1. The van der Waals surface area contributed by atoms with E-state index in [1.165, 1.54) is 0 Å². The molecule has 1 aliphatic rings. The molecule has 0 bridgehead atoms. The average molecular weight is 256 g/mol. The quantitative estimate of drug-likeness (QED) is 0.716. The molecule has 6 heteroatoms. The van der Waals surface area contributed by atoms with Crippen molar-refractivity contribution in [1.29, 1.82) is 0 Å². The van der Waals surface area contributed by atoms with Gasteiger partial charge in [-0.2, -0.15) is 0 Å². The number of hydrogen-bond acceptors (Lipinski definition) is 3. The topological polar surface area (TPSA) is 66.4 Å². The fraction of sp³-hybridized carbons (Fsp3) is 1.00. The molecule has 0 aliphatic heterocycles. The van der Waals surface area contributed by atoms with E-state index in [0.29, 0.717) is 18.7 Å². The molecule has 1 aliphatic carbocycles. The Balaban J connectivity index is 2.44. The third-order valence-corrected chi connectivity index (χ3v) is 4.36. The predicted molar refractivity (Wildman–Crippen MR) is 60.5 cm³/mol. The van der Waals surface area contributed by atoms with E-state index in [1.54, 1.807) is 0 Å². The second-order valence-electron chi connectivity index (χ2n) is 3.94. The molecule has 0 amide bonds. The minimum Gasteiger partial charge on any atom is -0.391 e. The van der Waals surface area contributed by atoms with Gasteiger partial charge in [0, 0.05) is 11.9 Å². The van der Waals surface area contributed by atoms with Gasteiger partial charge in [0.1, 0.15) is 0 Å². The van der Waals surface area contributed by atoms with Crippen molar-refractivity contribution in [3.8, 4) is 0 Å². The number of alkyl halides is 1. The first-order valence-electron chi connectivity index (χ1n) is 5.29. The zero-order chi connectivity index (χ0) is 11.3. The summed E-state index contributed by atoms with van der Waals surface area (Å²) in [5.41, 5.74) is 0. The Morgan fingerprint density at radius 2 is 2.00 bits per heavy atom. The van der Waals surface area contributed by atoms with Gasteiger partial charge in [-0.3, -0.25) is 0 Å². The van der Waals surface area contributed by atoms with Crippen molar-refractivity contribution in [3.05, 3.63) is 0 Å². The SMILES string of the molecule is O=S(=O)(CCCCl)N[C@H]1CCCC[C@@H]1O. The Kier molecular flexibility index (Phi) is 5.32. The van der Waals surface area contributed by atoms with Crippen LogP contribution in [0.3, 0.4) is 0 Å². The van der Waals surface area contributed by atoms with Crippen molar-refractivity contribution in [2.75, 3.05) is 11.6 Å². The van der Waals surface area contributed by atoms with Gasteiger partial charge in [0.25, 0.3) is 0 Å². The number of sulfonamides is 1. The summed E-state index contributed by atoms with van der Waals surface area (Å²) in [5.74, 6) is 0.383. The van der Waals surface area contributed by atoms with E-state index in [0.717, 1.165) is 19.3 Å². The first kappa shape index (κ1) is 13.2. The molecule has 0 aromatic rings. The van der Waals surface area contributed by atoms with E-state index in [4.69, 9.17) is 11.6 Å². The van der Waals surface area contributed by atoms with Crippen molar-refractivity contribution in [1.82, 2.24) is 4.72 Å². The second-order valence-corrected chi connectivity index (χ2v) is 6.19. The first-order valence-corrected chi connectivity index (χ1v) is 7.48. The highest BCUT2D eigenvalue weighted by Gasteiger charge is 2.26. The van der Waals surface area contributed by atoms with Crippen molar-refractivity contribution < 1.29 is 13.5 Å². The molecule has 0 aromatic carbocycles. The standard InChI is InChI=1S/C9H18ClNO3S/c10-6-3-7-15(13,14)11-8-4-1-2-5-9(8)12/h8-9,11-12H,1-7H2/t8-,9-/m0/s1. The molecular weight excluding hydrogens is 238 g/mol. The van der Waals surface area contributed by atoms with Crippen molar-refractivity contribution >= 4 is 21.6 Å². The summed E-state index contributed by atoms with van der Waals surface area (Å²) in [6.07, 6.45) is 3.26. The Bertz CT molecular complexity index is 281. The van der Waals surface area contributed by atoms with Gasteiger partial charge in [-0.05, 0) is 19.3 Å². The lowest BCUT2D eigenvalue weighted by Gasteiger charge is -2.28. The smallest absolute Gasteiger partial charge is 0.211 e. The predicted octanol–water partition coefficient (Wildman–Crippen LogP) is 0.838. The molecule has 1 rings (SSSR count). The molecule has 0 saturated heterocycles. The summed E-state index contributed by atoms with van der Waals surface area (Å²) < 4.78 is 25.6. The van der Waals surface area contributed by atoms with Gasteiger partial charge >= 0.3 is 0 Å². The molecule has 2 atom stereocenters. The molecule has 90 valence electrons. The van der Waals surface area contributed by atoms with Gasteiger partial charge in [0.05, 0.1) is 11.9 Å². The number of aliphatic hydroxyl groups is 1. The van der Waals surface area contributed by atoms with Crippen LogP contribution < -0.4 is 4.72 Å². The lowest BCUT2D eigenvalue weighted by Crippen LogP contribution is -2.45. The molecule has 0 spiro atoms.